The van der Waals surface area contributed by atoms with E-state index in [4.69, 9.17) is 14.2 Å². The number of amides is 1. The summed E-state index contributed by atoms with van der Waals surface area (Å²) in [4.78, 5) is 17.0. The van der Waals surface area contributed by atoms with Crippen LogP contribution in [-0.2, 0) is 11.2 Å². The number of rotatable bonds is 7. The van der Waals surface area contributed by atoms with Gasteiger partial charge in [-0.2, -0.15) is 0 Å². The SMILES string of the molecule is COc1ccc(CC(=O)N2CCN(c3ccccc3OC(C)C)CC2)cc1OC. The van der Waals surface area contributed by atoms with E-state index in [0.29, 0.717) is 31.0 Å². The first-order valence-electron chi connectivity index (χ1n) is 10.0. The van der Waals surface area contributed by atoms with Crippen LogP contribution in [0.4, 0.5) is 5.69 Å². The van der Waals surface area contributed by atoms with Gasteiger partial charge in [0.05, 0.1) is 32.4 Å². The number of piperazine rings is 1. The maximum absolute atomic E-state index is 12.8. The molecule has 6 heteroatoms. The second-order valence-electron chi connectivity index (χ2n) is 7.37. The minimum atomic E-state index is 0.125. The number of anilines is 1. The van der Waals surface area contributed by atoms with Gasteiger partial charge in [0.2, 0.25) is 5.91 Å². The number of benzene rings is 2. The molecule has 2 aromatic carbocycles. The average molecular weight is 399 g/mol. The zero-order chi connectivity index (χ0) is 20.8. The van der Waals surface area contributed by atoms with Crippen molar-refractivity contribution in [2.24, 2.45) is 0 Å². The molecule has 1 heterocycles. The lowest BCUT2D eigenvalue weighted by Gasteiger charge is -2.37. The fourth-order valence-electron chi connectivity index (χ4n) is 3.55. The van der Waals surface area contributed by atoms with Crippen LogP contribution in [0.3, 0.4) is 0 Å². The topological polar surface area (TPSA) is 51.2 Å². The Bertz CT molecular complexity index is 829. The van der Waals surface area contributed by atoms with E-state index in [0.717, 1.165) is 30.1 Å². The Labute approximate surface area is 173 Å². The van der Waals surface area contributed by atoms with Crippen molar-refractivity contribution in [2.75, 3.05) is 45.3 Å². The van der Waals surface area contributed by atoms with E-state index in [1.165, 1.54) is 0 Å². The third-order valence-corrected chi connectivity index (χ3v) is 5.00. The molecule has 156 valence electrons. The van der Waals surface area contributed by atoms with Crippen LogP contribution in [0.1, 0.15) is 19.4 Å². The molecule has 0 radical (unpaired) electrons. The summed E-state index contributed by atoms with van der Waals surface area (Å²) in [5.41, 5.74) is 2.01. The number of carbonyl (C=O) groups excluding carboxylic acids is 1. The Balaban J connectivity index is 1.60. The first-order valence-corrected chi connectivity index (χ1v) is 10.0. The Hall–Kier alpha value is -2.89. The molecule has 1 aliphatic rings. The monoisotopic (exact) mass is 398 g/mol. The van der Waals surface area contributed by atoms with Crippen molar-refractivity contribution in [3.05, 3.63) is 48.0 Å². The van der Waals surface area contributed by atoms with Crippen LogP contribution in [0.2, 0.25) is 0 Å². The van der Waals surface area contributed by atoms with Crippen molar-refractivity contribution in [1.29, 1.82) is 0 Å². The second kappa shape index (κ2) is 9.54. The second-order valence-corrected chi connectivity index (χ2v) is 7.37. The summed E-state index contributed by atoms with van der Waals surface area (Å²) in [6.07, 6.45) is 0.480. The van der Waals surface area contributed by atoms with E-state index in [2.05, 4.69) is 11.0 Å². The van der Waals surface area contributed by atoms with Gasteiger partial charge in [0.15, 0.2) is 11.5 Å². The molecule has 1 saturated heterocycles. The van der Waals surface area contributed by atoms with E-state index in [-0.39, 0.29) is 12.0 Å². The predicted molar refractivity (Wildman–Crippen MR) is 114 cm³/mol. The zero-order valence-corrected chi connectivity index (χ0v) is 17.7. The van der Waals surface area contributed by atoms with Gasteiger partial charge in [-0.3, -0.25) is 4.79 Å². The molecule has 0 spiro atoms. The first kappa shape index (κ1) is 20.8. The maximum Gasteiger partial charge on any atom is 0.227 e. The van der Waals surface area contributed by atoms with E-state index in [9.17, 15) is 4.79 Å². The largest absolute Gasteiger partial charge is 0.493 e. The molecule has 0 atom stereocenters. The van der Waals surface area contributed by atoms with Crippen LogP contribution < -0.4 is 19.1 Å². The number of para-hydroxylation sites is 2. The number of carbonyl (C=O) groups is 1. The minimum Gasteiger partial charge on any atom is -0.493 e. The van der Waals surface area contributed by atoms with E-state index in [1.807, 2.05) is 55.1 Å². The van der Waals surface area contributed by atoms with Gasteiger partial charge >= 0.3 is 0 Å². The van der Waals surface area contributed by atoms with Crippen LogP contribution in [0.25, 0.3) is 0 Å². The Morgan fingerprint density at radius 3 is 2.28 bits per heavy atom. The van der Waals surface area contributed by atoms with Crippen molar-refractivity contribution >= 4 is 11.6 Å². The number of ether oxygens (including phenoxy) is 3. The summed E-state index contributed by atoms with van der Waals surface area (Å²) >= 11 is 0. The summed E-state index contributed by atoms with van der Waals surface area (Å²) in [7, 11) is 3.20. The first-order chi connectivity index (χ1) is 14.0. The molecule has 1 amide bonds. The highest BCUT2D eigenvalue weighted by Crippen LogP contribution is 2.30. The normalized spacial score (nSPS) is 14.1. The van der Waals surface area contributed by atoms with Crippen molar-refractivity contribution in [3.8, 4) is 17.2 Å². The summed E-state index contributed by atoms with van der Waals surface area (Å²) in [6, 6.07) is 13.7. The van der Waals surface area contributed by atoms with Crippen LogP contribution in [-0.4, -0.2) is 57.3 Å². The third-order valence-electron chi connectivity index (χ3n) is 5.00. The number of hydrogen-bond acceptors (Lipinski definition) is 5. The van der Waals surface area contributed by atoms with Gasteiger partial charge in [-0.25, -0.2) is 0 Å². The standard InChI is InChI=1S/C23H30N2O4/c1-17(2)29-20-8-6-5-7-19(20)24-11-13-25(14-12-24)23(26)16-18-9-10-21(27-3)22(15-18)28-4/h5-10,15,17H,11-14,16H2,1-4H3. The van der Waals surface area contributed by atoms with Gasteiger partial charge in [0.1, 0.15) is 5.75 Å². The lowest BCUT2D eigenvalue weighted by molar-refractivity contribution is -0.130. The van der Waals surface area contributed by atoms with Crippen LogP contribution >= 0.6 is 0 Å². The molecule has 0 bridgehead atoms. The summed E-state index contributed by atoms with van der Waals surface area (Å²) in [5.74, 6) is 2.33. The number of methoxy groups -OCH3 is 2. The van der Waals surface area contributed by atoms with Gasteiger partial charge in [-0.05, 0) is 43.7 Å². The minimum absolute atomic E-state index is 0.125. The Morgan fingerprint density at radius 1 is 0.931 bits per heavy atom. The summed E-state index contributed by atoms with van der Waals surface area (Å²) < 4.78 is 16.5. The highest BCUT2D eigenvalue weighted by atomic mass is 16.5. The van der Waals surface area contributed by atoms with E-state index < -0.39 is 0 Å². The van der Waals surface area contributed by atoms with Crippen molar-refractivity contribution in [3.63, 3.8) is 0 Å². The van der Waals surface area contributed by atoms with E-state index >= 15 is 0 Å². The molecular formula is C23H30N2O4. The van der Waals surface area contributed by atoms with Crippen molar-refractivity contribution < 1.29 is 19.0 Å². The van der Waals surface area contributed by atoms with Crippen molar-refractivity contribution in [2.45, 2.75) is 26.4 Å². The van der Waals surface area contributed by atoms with Gasteiger partial charge in [-0.15, -0.1) is 0 Å². The summed E-state index contributed by atoms with van der Waals surface area (Å²) in [5, 5.41) is 0. The third kappa shape index (κ3) is 5.13. The fourth-order valence-corrected chi connectivity index (χ4v) is 3.55. The smallest absolute Gasteiger partial charge is 0.227 e. The molecule has 0 saturated carbocycles. The lowest BCUT2D eigenvalue weighted by atomic mass is 10.1. The van der Waals surface area contributed by atoms with E-state index in [1.54, 1.807) is 14.2 Å². The fraction of sp³-hybridized carbons (Fsp3) is 0.435. The molecule has 0 N–H and O–H groups in total. The van der Waals surface area contributed by atoms with Gasteiger partial charge in [0.25, 0.3) is 0 Å². The van der Waals surface area contributed by atoms with Crippen molar-refractivity contribution in [1.82, 2.24) is 4.90 Å². The predicted octanol–water partition coefficient (Wildman–Crippen LogP) is 3.38. The number of hydrogen-bond donors (Lipinski definition) is 0. The van der Waals surface area contributed by atoms with Gasteiger partial charge < -0.3 is 24.0 Å². The molecule has 29 heavy (non-hydrogen) atoms. The quantitative estimate of drug-likeness (QED) is 0.716. The van der Waals surface area contributed by atoms with Gasteiger partial charge in [-0.1, -0.05) is 18.2 Å². The molecule has 3 rings (SSSR count). The molecule has 0 unspecified atom stereocenters. The molecule has 2 aromatic rings. The number of nitrogens with zero attached hydrogens (tertiary/aromatic N) is 2. The van der Waals surface area contributed by atoms with Crippen LogP contribution in [0, 0.1) is 0 Å². The highest BCUT2D eigenvalue weighted by Gasteiger charge is 2.23. The lowest BCUT2D eigenvalue weighted by Crippen LogP contribution is -2.49. The maximum atomic E-state index is 12.8. The molecule has 1 aliphatic heterocycles. The summed E-state index contributed by atoms with van der Waals surface area (Å²) in [6.45, 7) is 7.03. The van der Waals surface area contributed by atoms with Crippen LogP contribution in [0.5, 0.6) is 17.2 Å². The average Bonchev–Trinajstić information content (AvgIpc) is 2.73. The molecular weight excluding hydrogens is 368 g/mol. The Morgan fingerprint density at radius 2 is 1.62 bits per heavy atom. The Kier molecular flexibility index (Phi) is 6.86. The molecule has 6 nitrogen and oxygen atoms in total. The molecule has 1 fully saturated rings. The molecule has 0 aliphatic carbocycles. The molecule has 0 aromatic heterocycles. The van der Waals surface area contributed by atoms with Gasteiger partial charge in [0, 0.05) is 26.2 Å². The zero-order valence-electron chi connectivity index (χ0n) is 17.7. The van der Waals surface area contributed by atoms with Crippen LogP contribution in [0.15, 0.2) is 42.5 Å². The highest BCUT2D eigenvalue weighted by molar-refractivity contribution is 5.79.